The SMILES string of the molecule is COc1ccc(NC(=O)c2ccncc2)cc1S(N)(=O)=O. The Labute approximate surface area is 121 Å². The van der Waals surface area contributed by atoms with Crippen LogP contribution in [0.25, 0.3) is 0 Å². The van der Waals surface area contributed by atoms with Crippen LogP contribution in [0, 0.1) is 0 Å². The van der Waals surface area contributed by atoms with Gasteiger partial charge in [-0.05, 0) is 30.3 Å². The molecule has 0 aliphatic heterocycles. The van der Waals surface area contributed by atoms with Crippen molar-refractivity contribution in [2.45, 2.75) is 4.90 Å². The number of hydrogen-bond acceptors (Lipinski definition) is 5. The first-order chi connectivity index (χ1) is 9.91. The second kappa shape index (κ2) is 5.90. The van der Waals surface area contributed by atoms with E-state index in [0.29, 0.717) is 11.3 Å². The number of carbonyl (C=O) groups is 1. The Hall–Kier alpha value is -2.45. The minimum absolute atomic E-state index is 0.111. The zero-order chi connectivity index (χ0) is 15.5. The molecule has 0 radical (unpaired) electrons. The van der Waals surface area contributed by atoms with Gasteiger partial charge in [-0.1, -0.05) is 0 Å². The van der Waals surface area contributed by atoms with Crippen LogP contribution in [0.4, 0.5) is 5.69 Å². The number of nitrogens with zero attached hydrogens (tertiary/aromatic N) is 1. The Morgan fingerprint density at radius 3 is 2.48 bits per heavy atom. The molecule has 8 heteroatoms. The number of amides is 1. The van der Waals surface area contributed by atoms with Gasteiger partial charge in [0.25, 0.3) is 5.91 Å². The number of pyridine rings is 1. The molecule has 2 rings (SSSR count). The fourth-order valence-electron chi connectivity index (χ4n) is 1.68. The molecule has 0 spiro atoms. The second-order valence-corrected chi connectivity index (χ2v) is 5.63. The predicted molar refractivity (Wildman–Crippen MR) is 76.6 cm³/mol. The molecule has 0 aliphatic carbocycles. The van der Waals surface area contributed by atoms with Crippen molar-refractivity contribution in [3.8, 4) is 5.75 Å². The van der Waals surface area contributed by atoms with E-state index in [2.05, 4.69) is 10.3 Å². The van der Waals surface area contributed by atoms with Gasteiger partial charge in [0.15, 0.2) is 0 Å². The van der Waals surface area contributed by atoms with E-state index in [9.17, 15) is 13.2 Å². The van der Waals surface area contributed by atoms with Crippen molar-refractivity contribution < 1.29 is 17.9 Å². The van der Waals surface area contributed by atoms with Gasteiger partial charge in [0, 0.05) is 23.6 Å². The quantitative estimate of drug-likeness (QED) is 0.875. The molecular weight excluding hydrogens is 294 g/mol. The molecule has 7 nitrogen and oxygen atoms in total. The molecule has 0 unspecified atom stereocenters. The maximum absolute atomic E-state index is 12.0. The van der Waals surface area contributed by atoms with Crippen LogP contribution in [-0.2, 0) is 10.0 Å². The van der Waals surface area contributed by atoms with Crippen molar-refractivity contribution in [1.29, 1.82) is 0 Å². The second-order valence-electron chi connectivity index (χ2n) is 4.10. The highest BCUT2D eigenvalue weighted by Crippen LogP contribution is 2.26. The van der Waals surface area contributed by atoms with Gasteiger partial charge in [-0.3, -0.25) is 9.78 Å². The lowest BCUT2D eigenvalue weighted by atomic mass is 10.2. The number of methoxy groups -OCH3 is 1. The van der Waals surface area contributed by atoms with Gasteiger partial charge >= 0.3 is 0 Å². The molecule has 3 N–H and O–H groups in total. The summed E-state index contributed by atoms with van der Waals surface area (Å²) in [5.74, 6) is -0.276. The number of carbonyl (C=O) groups excluding carboxylic acids is 1. The number of sulfonamides is 1. The van der Waals surface area contributed by atoms with Gasteiger partial charge in [-0.25, -0.2) is 13.6 Å². The molecule has 2 aromatic rings. The third-order valence-electron chi connectivity index (χ3n) is 2.67. The molecule has 110 valence electrons. The van der Waals surface area contributed by atoms with Crippen LogP contribution in [0.2, 0.25) is 0 Å². The number of ether oxygens (including phenoxy) is 1. The van der Waals surface area contributed by atoms with Gasteiger partial charge in [0.05, 0.1) is 7.11 Å². The van der Waals surface area contributed by atoms with E-state index >= 15 is 0 Å². The molecule has 0 bridgehead atoms. The molecule has 1 heterocycles. The smallest absolute Gasteiger partial charge is 0.255 e. The lowest BCUT2D eigenvalue weighted by Crippen LogP contribution is -2.15. The minimum atomic E-state index is -3.95. The molecule has 21 heavy (non-hydrogen) atoms. The lowest BCUT2D eigenvalue weighted by molar-refractivity contribution is 0.102. The molecular formula is C13H13N3O4S. The first kappa shape index (κ1) is 14.9. The summed E-state index contributed by atoms with van der Waals surface area (Å²) in [7, 11) is -2.62. The number of benzene rings is 1. The molecule has 0 fully saturated rings. The number of anilines is 1. The van der Waals surface area contributed by atoms with Crippen molar-refractivity contribution in [2.24, 2.45) is 5.14 Å². The van der Waals surface area contributed by atoms with Gasteiger partial charge < -0.3 is 10.1 Å². The highest BCUT2D eigenvalue weighted by Gasteiger charge is 2.16. The summed E-state index contributed by atoms with van der Waals surface area (Å²) < 4.78 is 27.9. The van der Waals surface area contributed by atoms with Gasteiger partial charge in [-0.2, -0.15) is 0 Å². The average molecular weight is 307 g/mol. The van der Waals surface area contributed by atoms with E-state index in [-0.39, 0.29) is 16.6 Å². The molecule has 0 atom stereocenters. The number of hydrogen-bond donors (Lipinski definition) is 2. The summed E-state index contributed by atoms with van der Waals surface area (Å²) in [4.78, 5) is 15.6. The fourth-order valence-corrected chi connectivity index (χ4v) is 2.41. The van der Waals surface area contributed by atoms with Crippen LogP contribution >= 0.6 is 0 Å². The number of nitrogens with two attached hydrogens (primary N) is 1. The summed E-state index contributed by atoms with van der Waals surface area (Å²) in [5, 5.41) is 7.69. The maximum Gasteiger partial charge on any atom is 0.255 e. The largest absolute Gasteiger partial charge is 0.495 e. The van der Waals surface area contributed by atoms with Crippen LogP contribution in [0.3, 0.4) is 0 Å². The van der Waals surface area contributed by atoms with E-state index in [1.165, 1.54) is 37.7 Å². The van der Waals surface area contributed by atoms with Crippen LogP contribution in [0.5, 0.6) is 5.75 Å². The topological polar surface area (TPSA) is 111 Å². The van der Waals surface area contributed by atoms with E-state index in [1.54, 1.807) is 12.1 Å². The molecule has 1 aromatic carbocycles. The zero-order valence-corrected chi connectivity index (χ0v) is 11.9. The fraction of sp³-hybridized carbons (Fsp3) is 0.0769. The average Bonchev–Trinajstić information content (AvgIpc) is 2.47. The summed E-state index contributed by atoms with van der Waals surface area (Å²) >= 11 is 0. The van der Waals surface area contributed by atoms with Crippen LogP contribution < -0.4 is 15.2 Å². The van der Waals surface area contributed by atoms with Gasteiger partial charge in [0.2, 0.25) is 10.0 Å². The van der Waals surface area contributed by atoms with Crippen molar-refractivity contribution in [1.82, 2.24) is 4.98 Å². The molecule has 1 aromatic heterocycles. The van der Waals surface area contributed by atoms with Crippen molar-refractivity contribution in [2.75, 3.05) is 12.4 Å². The summed E-state index contributed by atoms with van der Waals surface area (Å²) in [6, 6.07) is 7.26. The number of aromatic nitrogens is 1. The Morgan fingerprint density at radius 2 is 1.90 bits per heavy atom. The van der Waals surface area contributed by atoms with E-state index < -0.39 is 10.0 Å². The molecule has 0 aliphatic rings. The standard InChI is InChI=1S/C13H13N3O4S/c1-20-11-3-2-10(8-12(11)21(14,18)19)16-13(17)9-4-6-15-7-5-9/h2-8H,1H3,(H,16,17)(H2,14,18,19). The summed E-state index contributed by atoms with van der Waals surface area (Å²) in [5.41, 5.74) is 0.694. The molecule has 1 amide bonds. The van der Waals surface area contributed by atoms with Crippen LogP contribution in [0.15, 0.2) is 47.6 Å². The number of primary sulfonamides is 1. The minimum Gasteiger partial charge on any atom is -0.495 e. The van der Waals surface area contributed by atoms with E-state index in [4.69, 9.17) is 9.88 Å². The third kappa shape index (κ3) is 3.56. The van der Waals surface area contributed by atoms with Crippen molar-refractivity contribution in [3.05, 3.63) is 48.3 Å². The first-order valence-electron chi connectivity index (χ1n) is 5.84. The third-order valence-corrected chi connectivity index (χ3v) is 3.60. The van der Waals surface area contributed by atoms with E-state index in [0.717, 1.165) is 0 Å². The van der Waals surface area contributed by atoms with E-state index in [1.807, 2.05) is 0 Å². The zero-order valence-electron chi connectivity index (χ0n) is 11.1. The van der Waals surface area contributed by atoms with Crippen LogP contribution in [-0.4, -0.2) is 26.4 Å². The highest BCUT2D eigenvalue weighted by molar-refractivity contribution is 7.89. The molecule has 0 saturated carbocycles. The van der Waals surface area contributed by atoms with Gasteiger partial charge in [-0.15, -0.1) is 0 Å². The highest BCUT2D eigenvalue weighted by atomic mass is 32.2. The van der Waals surface area contributed by atoms with Gasteiger partial charge in [0.1, 0.15) is 10.6 Å². The Balaban J connectivity index is 2.32. The first-order valence-corrected chi connectivity index (χ1v) is 7.38. The maximum atomic E-state index is 12.0. The monoisotopic (exact) mass is 307 g/mol. The van der Waals surface area contributed by atoms with Crippen molar-refractivity contribution >= 4 is 21.6 Å². The lowest BCUT2D eigenvalue weighted by Gasteiger charge is -2.10. The van der Waals surface area contributed by atoms with Crippen molar-refractivity contribution in [3.63, 3.8) is 0 Å². The number of nitrogens with one attached hydrogen (secondary N) is 1. The summed E-state index contributed by atoms with van der Waals surface area (Å²) in [6.07, 6.45) is 2.97. The van der Waals surface area contributed by atoms with Crippen LogP contribution in [0.1, 0.15) is 10.4 Å². The summed E-state index contributed by atoms with van der Waals surface area (Å²) in [6.45, 7) is 0. The predicted octanol–water partition coefficient (Wildman–Crippen LogP) is 0.990. The Bertz CT molecular complexity index is 760. The number of rotatable bonds is 4. The normalized spacial score (nSPS) is 11.0. The Kier molecular flexibility index (Phi) is 4.20. The Morgan fingerprint density at radius 1 is 1.24 bits per heavy atom. The molecule has 0 saturated heterocycles.